The third-order valence-electron chi connectivity index (χ3n) is 5.40. The highest BCUT2D eigenvalue weighted by Gasteiger charge is 2.41. The van der Waals surface area contributed by atoms with Crippen LogP contribution in [-0.4, -0.2) is 55.0 Å². The first-order chi connectivity index (χ1) is 11.6. The molecule has 2 aromatic rings. The molecule has 24 heavy (non-hydrogen) atoms. The molecule has 128 valence electrons. The second kappa shape index (κ2) is 6.21. The molecular weight excluding hydrogens is 318 g/mol. The quantitative estimate of drug-likeness (QED) is 0.854. The summed E-state index contributed by atoms with van der Waals surface area (Å²) in [5.74, 6) is 0.718. The Labute approximate surface area is 147 Å². The number of thiazole rings is 1. The first-order valence-corrected chi connectivity index (χ1v) is 9.56. The van der Waals surface area contributed by atoms with Gasteiger partial charge in [0.2, 0.25) is 0 Å². The lowest BCUT2D eigenvalue weighted by atomic mass is 9.92. The van der Waals surface area contributed by atoms with Gasteiger partial charge in [0.1, 0.15) is 0 Å². The van der Waals surface area contributed by atoms with Crippen molar-refractivity contribution in [3.8, 4) is 0 Å². The lowest BCUT2D eigenvalue weighted by molar-refractivity contribution is -0.124. The summed E-state index contributed by atoms with van der Waals surface area (Å²) in [5.41, 5.74) is 3.74. The molecule has 0 radical (unpaired) electrons. The van der Waals surface area contributed by atoms with Crippen molar-refractivity contribution >= 4 is 27.3 Å². The van der Waals surface area contributed by atoms with Gasteiger partial charge in [-0.15, -0.1) is 11.3 Å². The number of hydrogen-bond acceptors (Lipinski definition) is 5. The maximum Gasteiger partial charge on any atom is 0.0958 e. The van der Waals surface area contributed by atoms with Crippen molar-refractivity contribution in [2.24, 2.45) is 10.9 Å². The highest BCUT2D eigenvalue weighted by molar-refractivity contribution is 7.18. The molecular formula is C19H25N3OS. The molecule has 4 rings (SSSR count). The summed E-state index contributed by atoms with van der Waals surface area (Å²) in [5, 5.41) is 1.21. The Morgan fingerprint density at radius 3 is 2.79 bits per heavy atom. The molecule has 0 amide bonds. The lowest BCUT2D eigenvalue weighted by Gasteiger charge is -2.46. The van der Waals surface area contributed by atoms with Gasteiger partial charge in [-0.25, -0.2) is 4.98 Å². The molecule has 0 N–H and O–H groups in total. The van der Waals surface area contributed by atoms with E-state index in [1.54, 1.807) is 0 Å². The van der Waals surface area contributed by atoms with Crippen LogP contribution < -0.4 is 0 Å². The number of ether oxygens (including phenoxy) is 1. The normalized spacial score (nSPS) is 23.3. The van der Waals surface area contributed by atoms with E-state index in [4.69, 9.17) is 14.7 Å². The van der Waals surface area contributed by atoms with E-state index in [0.29, 0.717) is 0 Å². The van der Waals surface area contributed by atoms with Gasteiger partial charge in [0.25, 0.3) is 0 Å². The number of nitrogens with zero attached hydrogens (tertiary/aromatic N) is 3. The third kappa shape index (κ3) is 2.89. The molecule has 0 bridgehead atoms. The van der Waals surface area contributed by atoms with Crippen molar-refractivity contribution < 1.29 is 4.74 Å². The zero-order valence-electron chi connectivity index (χ0n) is 14.7. The van der Waals surface area contributed by atoms with Crippen LogP contribution in [0.3, 0.4) is 0 Å². The Kier molecular flexibility index (Phi) is 4.19. The Morgan fingerprint density at radius 1 is 1.33 bits per heavy atom. The van der Waals surface area contributed by atoms with Gasteiger partial charge in [-0.1, -0.05) is 13.0 Å². The van der Waals surface area contributed by atoms with E-state index in [9.17, 15) is 0 Å². The lowest BCUT2D eigenvalue weighted by Crippen LogP contribution is -2.61. The minimum atomic E-state index is 0.125. The highest BCUT2D eigenvalue weighted by Crippen LogP contribution is 2.32. The van der Waals surface area contributed by atoms with Crippen molar-refractivity contribution in [2.45, 2.75) is 31.7 Å². The van der Waals surface area contributed by atoms with Crippen LogP contribution >= 0.6 is 11.3 Å². The van der Waals surface area contributed by atoms with Crippen molar-refractivity contribution in [1.82, 2.24) is 9.88 Å². The molecule has 4 nitrogen and oxygen atoms in total. The van der Waals surface area contributed by atoms with Crippen LogP contribution in [0, 0.1) is 5.92 Å². The van der Waals surface area contributed by atoms with E-state index in [1.165, 1.54) is 27.4 Å². The van der Waals surface area contributed by atoms with E-state index in [1.807, 2.05) is 11.3 Å². The number of aliphatic imine (C=N–C) groups is 1. The minimum absolute atomic E-state index is 0.125. The summed E-state index contributed by atoms with van der Waals surface area (Å²) < 4.78 is 6.74. The molecule has 0 spiro atoms. The monoisotopic (exact) mass is 343 g/mol. The number of likely N-dealkylation sites (N-methyl/N-ethyl adjacent to an activating group) is 1. The summed E-state index contributed by atoms with van der Waals surface area (Å²) in [6, 6.07) is 6.66. The van der Waals surface area contributed by atoms with E-state index in [0.717, 1.165) is 44.0 Å². The summed E-state index contributed by atoms with van der Waals surface area (Å²) in [7, 11) is 4.27. The first-order valence-electron chi connectivity index (χ1n) is 8.74. The minimum Gasteiger partial charge on any atom is -0.377 e. The SMILES string of the molecule is C[C@H]1CCC(c2ccc3sc(CC4(N(C)C)COC4)nc3c2)=NC1. The fraction of sp³-hybridized carbons (Fsp3) is 0.579. The Morgan fingerprint density at radius 2 is 2.17 bits per heavy atom. The van der Waals surface area contributed by atoms with Crippen molar-refractivity contribution in [3.63, 3.8) is 0 Å². The molecule has 1 aromatic carbocycles. The predicted octanol–water partition coefficient (Wildman–Crippen LogP) is 3.39. The number of benzene rings is 1. The van der Waals surface area contributed by atoms with Gasteiger partial charge >= 0.3 is 0 Å². The van der Waals surface area contributed by atoms with E-state index >= 15 is 0 Å². The molecule has 2 aliphatic heterocycles. The van der Waals surface area contributed by atoms with Gasteiger partial charge in [-0.2, -0.15) is 0 Å². The molecule has 5 heteroatoms. The van der Waals surface area contributed by atoms with Crippen LogP contribution in [0.4, 0.5) is 0 Å². The summed E-state index contributed by atoms with van der Waals surface area (Å²) in [4.78, 5) is 12.0. The van der Waals surface area contributed by atoms with Gasteiger partial charge in [-0.3, -0.25) is 9.89 Å². The van der Waals surface area contributed by atoms with Crippen LogP contribution in [-0.2, 0) is 11.2 Å². The maximum atomic E-state index is 5.47. The van der Waals surface area contributed by atoms with Crippen LogP contribution in [0.25, 0.3) is 10.2 Å². The predicted molar refractivity (Wildman–Crippen MR) is 100 cm³/mol. The largest absolute Gasteiger partial charge is 0.377 e. The van der Waals surface area contributed by atoms with Crippen LogP contribution in [0.1, 0.15) is 30.3 Å². The standard InChI is InChI=1S/C19H25N3OS/c1-13-4-6-15(20-10-13)14-5-7-17-16(8-14)21-18(24-17)9-19(22(2)3)11-23-12-19/h5,7-8,13H,4,6,9-12H2,1-3H3/t13-/m0/s1. The van der Waals surface area contributed by atoms with Crippen molar-refractivity contribution in [3.05, 3.63) is 28.8 Å². The van der Waals surface area contributed by atoms with Crippen LogP contribution in [0.15, 0.2) is 23.2 Å². The smallest absolute Gasteiger partial charge is 0.0958 e. The van der Waals surface area contributed by atoms with Gasteiger partial charge in [0, 0.05) is 18.7 Å². The fourth-order valence-corrected chi connectivity index (χ4v) is 4.51. The highest BCUT2D eigenvalue weighted by atomic mass is 32.1. The van der Waals surface area contributed by atoms with E-state index in [2.05, 4.69) is 44.1 Å². The second-order valence-corrected chi connectivity index (χ2v) is 8.62. The summed E-state index contributed by atoms with van der Waals surface area (Å²) >= 11 is 1.81. The molecule has 1 fully saturated rings. The molecule has 1 saturated heterocycles. The van der Waals surface area contributed by atoms with Crippen molar-refractivity contribution in [2.75, 3.05) is 33.9 Å². The average Bonchev–Trinajstić information content (AvgIpc) is 2.92. The summed E-state index contributed by atoms with van der Waals surface area (Å²) in [6.07, 6.45) is 3.29. The van der Waals surface area contributed by atoms with Crippen LogP contribution in [0.2, 0.25) is 0 Å². The first kappa shape index (κ1) is 16.2. The molecule has 0 aliphatic carbocycles. The number of hydrogen-bond donors (Lipinski definition) is 0. The van der Waals surface area contributed by atoms with E-state index < -0.39 is 0 Å². The van der Waals surface area contributed by atoms with Gasteiger partial charge in [-0.05, 0) is 50.6 Å². The second-order valence-electron chi connectivity index (χ2n) is 7.51. The fourth-order valence-electron chi connectivity index (χ4n) is 3.42. The number of aromatic nitrogens is 1. The Hall–Kier alpha value is -1.30. The topological polar surface area (TPSA) is 37.7 Å². The maximum absolute atomic E-state index is 5.47. The molecule has 0 unspecified atom stereocenters. The Balaban J connectivity index is 1.60. The zero-order valence-corrected chi connectivity index (χ0v) is 15.5. The zero-order chi connectivity index (χ0) is 16.7. The molecule has 3 heterocycles. The Bertz CT molecular complexity index is 776. The molecule has 0 saturated carbocycles. The van der Waals surface area contributed by atoms with Gasteiger partial charge < -0.3 is 4.74 Å². The van der Waals surface area contributed by atoms with E-state index in [-0.39, 0.29) is 5.54 Å². The van der Waals surface area contributed by atoms with Gasteiger partial charge in [0.15, 0.2) is 0 Å². The van der Waals surface area contributed by atoms with Crippen molar-refractivity contribution in [1.29, 1.82) is 0 Å². The molecule has 1 atom stereocenters. The van der Waals surface area contributed by atoms with Crippen LogP contribution in [0.5, 0.6) is 0 Å². The number of rotatable bonds is 4. The summed E-state index contributed by atoms with van der Waals surface area (Å²) in [6.45, 7) is 4.84. The van der Waals surface area contributed by atoms with Gasteiger partial charge in [0.05, 0.1) is 34.0 Å². The molecule has 2 aliphatic rings. The molecule has 1 aromatic heterocycles. The average molecular weight is 343 g/mol. The third-order valence-corrected chi connectivity index (χ3v) is 6.44. The number of fused-ring (bicyclic) bond motifs is 1.